The highest BCUT2D eigenvalue weighted by molar-refractivity contribution is 7.13. The number of nitrogens with one attached hydrogen (secondary N) is 1. The summed E-state index contributed by atoms with van der Waals surface area (Å²) in [6.45, 7) is 4.32. The molecule has 0 aliphatic carbocycles. The molecule has 0 saturated heterocycles. The molecule has 2 amide bonds. The summed E-state index contributed by atoms with van der Waals surface area (Å²) in [5.41, 5.74) is 3.22. The van der Waals surface area contributed by atoms with E-state index < -0.39 is 0 Å². The van der Waals surface area contributed by atoms with E-state index in [-0.39, 0.29) is 6.03 Å². The Balaban J connectivity index is 2.07. The Morgan fingerprint density at radius 2 is 2.38 bits per heavy atom. The summed E-state index contributed by atoms with van der Waals surface area (Å²) in [7, 11) is 0. The van der Waals surface area contributed by atoms with Gasteiger partial charge in [0.25, 0.3) is 0 Å². The first-order valence-electron chi connectivity index (χ1n) is 4.86. The highest BCUT2D eigenvalue weighted by Crippen LogP contribution is 2.12. The quantitative estimate of drug-likeness (QED) is 0.782. The number of hydrogen-bond donors (Lipinski definition) is 1. The van der Waals surface area contributed by atoms with Crippen LogP contribution in [0.1, 0.15) is 16.7 Å². The van der Waals surface area contributed by atoms with Crippen LogP contribution in [0.3, 0.4) is 0 Å². The number of thiophene rings is 1. The lowest BCUT2D eigenvalue weighted by molar-refractivity contribution is 0.204. The fraction of sp³-hybridized carbons (Fsp3) is 0.300. The number of aryl methyl sites for hydroxylation is 1. The molecule has 0 radical (unpaired) electrons. The molecule has 84 valence electrons. The van der Waals surface area contributed by atoms with E-state index in [1.807, 2.05) is 26.0 Å². The highest BCUT2D eigenvalue weighted by atomic mass is 32.1. The van der Waals surface area contributed by atoms with Gasteiger partial charge < -0.3 is 0 Å². The molecule has 6 heteroatoms. The maximum Gasteiger partial charge on any atom is 0.358 e. The molecule has 2 rings (SSSR count). The van der Waals surface area contributed by atoms with Gasteiger partial charge in [0.05, 0.1) is 18.5 Å². The molecule has 1 aromatic heterocycles. The lowest BCUT2D eigenvalue weighted by Gasteiger charge is -2.19. The van der Waals surface area contributed by atoms with Crippen LogP contribution < -0.4 is 5.43 Å². The van der Waals surface area contributed by atoms with Crippen LogP contribution in [0.15, 0.2) is 22.3 Å². The van der Waals surface area contributed by atoms with Crippen LogP contribution in [0, 0.1) is 6.92 Å². The third kappa shape index (κ3) is 2.46. The number of rotatable bonds is 2. The number of urea groups is 1. The lowest BCUT2D eigenvalue weighted by Crippen LogP contribution is -2.41. The largest absolute Gasteiger partial charge is 0.358 e. The molecule has 16 heavy (non-hydrogen) atoms. The van der Waals surface area contributed by atoms with Crippen LogP contribution in [0.25, 0.3) is 0 Å². The molecule has 0 atom stereocenters. The maximum absolute atomic E-state index is 11.4. The summed E-state index contributed by atoms with van der Waals surface area (Å²) in [6, 6.07) is 3.71. The van der Waals surface area contributed by atoms with Crippen molar-refractivity contribution in [2.24, 2.45) is 10.2 Å². The van der Waals surface area contributed by atoms with E-state index in [0.29, 0.717) is 6.54 Å². The minimum Gasteiger partial charge on any atom is -0.245 e. The smallest absolute Gasteiger partial charge is 0.245 e. The first kappa shape index (κ1) is 10.8. The second kappa shape index (κ2) is 4.44. The van der Waals surface area contributed by atoms with Gasteiger partial charge >= 0.3 is 6.03 Å². The fourth-order valence-electron chi connectivity index (χ4n) is 1.27. The van der Waals surface area contributed by atoms with Gasteiger partial charge in [-0.2, -0.15) is 10.2 Å². The van der Waals surface area contributed by atoms with Gasteiger partial charge in [-0.05, 0) is 26.0 Å². The average Bonchev–Trinajstić information content (AvgIpc) is 2.66. The molecule has 0 fully saturated rings. The third-order valence-electron chi connectivity index (χ3n) is 2.04. The number of hydrogen-bond acceptors (Lipinski definition) is 4. The summed E-state index contributed by atoms with van der Waals surface area (Å²) < 4.78 is 0. The summed E-state index contributed by atoms with van der Waals surface area (Å²) in [5.74, 6) is 0. The van der Waals surface area contributed by atoms with Crippen LogP contribution >= 0.6 is 11.3 Å². The van der Waals surface area contributed by atoms with E-state index in [4.69, 9.17) is 0 Å². The Labute approximate surface area is 97.5 Å². The predicted octanol–water partition coefficient (Wildman–Crippen LogP) is 1.79. The standard InChI is InChI=1S/C10H12N4OS/c1-7-6-14(10(15)13-12-7)11-5-9-4-3-8(2)16-9/h3-5H,6H2,1-2H3,(H,13,15). The zero-order valence-electron chi connectivity index (χ0n) is 9.10. The number of carbonyl (C=O) groups is 1. The van der Waals surface area contributed by atoms with Crippen LogP contribution in [0.4, 0.5) is 4.79 Å². The van der Waals surface area contributed by atoms with Crippen molar-refractivity contribution in [1.82, 2.24) is 10.4 Å². The molecule has 1 aromatic rings. The second-order valence-electron chi connectivity index (χ2n) is 3.51. The van der Waals surface area contributed by atoms with Crippen molar-refractivity contribution in [3.8, 4) is 0 Å². The van der Waals surface area contributed by atoms with E-state index in [2.05, 4.69) is 15.6 Å². The predicted molar refractivity (Wildman–Crippen MR) is 65.0 cm³/mol. The van der Waals surface area contributed by atoms with Gasteiger partial charge in [0.15, 0.2) is 0 Å². The number of hydrazone groups is 2. The van der Waals surface area contributed by atoms with Gasteiger partial charge in [-0.1, -0.05) is 0 Å². The van der Waals surface area contributed by atoms with E-state index in [1.54, 1.807) is 17.6 Å². The Morgan fingerprint density at radius 3 is 3.06 bits per heavy atom. The van der Waals surface area contributed by atoms with Gasteiger partial charge in [-0.15, -0.1) is 11.3 Å². The van der Waals surface area contributed by atoms with E-state index in [0.717, 1.165) is 10.6 Å². The normalized spacial score (nSPS) is 16.5. The van der Waals surface area contributed by atoms with Crippen molar-refractivity contribution in [1.29, 1.82) is 0 Å². The Bertz CT molecular complexity index is 463. The molecule has 0 aromatic carbocycles. The molecule has 2 heterocycles. The molecular formula is C10H12N4OS. The van der Waals surface area contributed by atoms with Crippen molar-refractivity contribution in [3.05, 3.63) is 21.9 Å². The van der Waals surface area contributed by atoms with Crippen LogP contribution in [-0.4, -0.2) is 29.5 Å². The minimum absolute atomic E-state index is 0.296. The summed E-state index contributed by atoms with van der Waals surface area (Å²) in [4.78, 5) is 13.6. The molecule has 0 spiro atoms. The van der Waals surface area contributed by atoms with Crippen molar-refractivity contribution >= 4 is 29.3 Å². The molecule has 5 nitrogen and oxygen atoms in total. The van der Waals surface area contributed by atoms with Crippen LogP contribution in [0.2, 0.25) is 0 Å². The number of amides is 2. The zero-order chi connectivity index (χ0) is 11.5. The SMILES string of the molecule is CC1=NNC(=O)N(N=Cc2ccc(C)s2)C1. The van der Waals surface area contributed by atoms with Crippen molar-refractivity contribution < 1.29 is 4.79 Å². The Hall–Kier alpha value is -1.69. The topological polar surface area (TPSA) is 57.1 Å². The summed E-state index contributed by atoms with van der Waals surface area (Å²) in [5, 5.41) is 9.31. The molecular weight excluding hydrogens is 224 g/mol. The molecule has 0 unspecified atom stereocenters. The molecule has 1 N–H and O–H groups in total. The first-order valence-corrected chi connectivity index (χ1v) is 5.68. The minimum atomic E-state index is -0.296. The molecule has 1 aliphatic heterocycles. The number of nitrogens with zero attached hydrogens (tertiary/aromatic N) is 3. The van der Waals surface area contributed by atoms with Gasteiger partial charge in [-0.3, -0.25) is 0 Å². The highest BCUT2D eigenvalue weighted by Gasteiger charge is 2.16. The average molecular weight is 236 g/mol. The second-order valence-corrected chi connectivity index (χ2v) is 4.83. The van der Waals surface area contributed by atoms with Gasteiger partial charge in [0.1, 0.15) is 0 Å². The van der Waals surface area contributed by atoms with E-state index >= 15 is 0 Å². The zero-order valence-corrected chi connectivity index (χ0v) is 9.91. The summed E-state index contributed by atoms with van der Waals surface area (Å²) in [6.07, 6.45) is 1.69. The fourth-order valence-corrected chi connectivity index (χ4v) is 2.01. The first-order chi connectivity index (χ1) is 7.65. The van der Waals surface area contributed by atoms with E-state index in [1.165, 1.54) is 9.89 Å². The Kier molecular flexibility index (Phi) is 3.00. The lowest BCUT2D eigenvalue weighted by atomic mass is 10.4. The summed E-state index contributed by atoms with van der Waals surface area (Å²) >= 11 is 1.64. The molecule has 1 aliphatic rings. The van der Waals surface area contributed by atoms with Crippen LogP contribution in [0.5, 0.6) is 0 Å². The van der Waals surface area contributed by atoms with Gasteiger partial charge in [0.2, 0.25) is 0 Å². The maximum atomic E-state index is 11.4. The van der Waals surface area contributed by atoms with E-state index in [9.17, 15) is 4.79 Å². The third-order valence-corrected chi connectivity index (χ3v) is 2.98. The van der Waals surface area contributed by atoms with Crippen LogP contribution in [-0.2, 0) is 0 Å². The van der Waals surface area contributed by atoms with Crippen molar-refractivity contribution in [2.75, 3.05) is 6.54 Å². The monoisotopic (exact) mass is 236 g/mol. The van der Waals surface area contributed by atoms with Gasteiger partial charge in [0, 0.05) is 9.75 Å². The molecule has 0 bridgehead atoms. The Morgan fingerprint density at radius 1 is 1.56 bits per heavy atom. The molecule has 0 saturated carbocycles. The van der Waals surface area contributed by atoms with Gasteiger partial charge in [-0.25, -0.2) is 15.2 Å². The van der Waals surface area contributed by atoms with Crippen molar-refractivity contribution in [3.63, 3.8) is 0 Å². The van der Waals surface area contributed by atoms with Crippen molar-refractivity contribution in [2.45, 2.75) is 13.8 Å². The number of carbonyl (C=O) groups excluding carboxylic acids is 1.